The molecule has 0 saturated carbocycles. The van der Waals surface area contributed by atoms with Gasteiger partial charge < -0.3 is 14.5 Å². The number of fused-ring (bicyclic) bond motifs is 1. The molecule has 1 aromatic rings. The van der Waals surface area contributed by atoms with Crippen molar-refractivity contribution in [2.75, 3.05) is 39.8 Å². The van der Waals surface area contributed by atoms with E-state index < -0.39 is 0 Å². The summed E-state index contributed by atoms with van der Waals surface area (Å²) in [4.78, 5) is 54.1. The molecule has 160 valence electrons. The highest BCUT2D eigenvalue weighted by atomic mass is 16.5. The van der Waals surface area contributed by atoms with Crippen molar-refractivity contribution in [1.29, 1.82) is 0 Å². The van der Waals surface area contributed by atoms with Crippen LogP contribution in [0.25, 0.3) is 5.70 Å². The Labute approximate surface area is 176 Å². The lowest BCUT2D eigenvalue weighted by Crippen LogP contribution is -2.48. The first-order valence-electron chi connectivity index (χ1n) is 10.1. The fourth-order valence-corrected chi connectivity index (χ4v) is 3.81. The quantitative estimate of drug-likeness (QED) is 0.658. The van der Waals surface area contributed by atoms with Crippen LogP contribution in [0.3, 0.4) is 0 Å². The van der Waals surface area contributed by atoms with Gasteiger partial charge in [0.25, 0.3) is 5.91 Å². The van der Waals surface area contributed by atoms with Crippen LogP contribution in [-0.2, 0) is 19.1 Å². The van der Waals surface area contributed by atoms with Gasteiger partial charge in [0.1, 0.15) is 6.54 Å². The van der Waals surface area contributed by atoms with Gasteiger partial charge in [0.2, 0.25) is 11.8 Å². The molecule has 1 atom stereocenters. The number of rotatable bonds is 6. The van der Waals surface area contributed by atoms with Gasteiger partial charge >= 0.3 is 5.97 Å². The molecule has 1 unspecified atom stereocenters. The SMILES string of the molecule is C=C1c2ccccc2C(=O)N1CC(=O)N(C)CC(=O)N1CCCC(C(=O)OCC)C1. The molecule has 0 bridgehead atoms. The van der Waals surface area contributed by atoms with E-state index in [0.29, 0.717) is 49.4 Å². The number of carbonyl (C=O) groups is 4. The summed E-state index contributed by atoms with van der Waals surface area (Å²) in [6.45, 7) is 6.55. The number of hydrogen-bond acceptors (Lipinski definition) is 5. The Balaban J connectivity index is 1.56. The number of amides is 3. The van der Waals surface area contributed by atoms with Crippen molar-refractivity contribution in [2.45, 2.75) is 19.8 Å². The Morgan fingerprint density at radius 1 is 1.23 bits per heavy atom. The molecule has 1 aromatic carbocycles. The Morgan fingerprint density at radius 3 is 2.60 bits per heavy atom. The topological polar surface area (TPSA) is 87.2 Å². The molecular weight excluding hydrogens is 386 g/mol. The summed E-state index contributed by atoms with van der Waals surface area (Å²) in [5.41, 5.74) is 1.72. The third-order valence-corrected chi connectivity index (χ3v) is 5.52. The van der Waals surface area contributed by atoms with Crippen molar-refractivity contribution < 1.29 is 23.9 Å². The molecule has 8 heteroatoms. The third kappa shape index (κ3) is 4.37. The minimum absolute atomic E-state index is 0.115. The van der Waals surface area contributed by atoms with Crippen LogP contribution in [0.15, 0.2) is 30.8 Å². The van der Waals surface area contributed by atoms with Gasteiger partial charge in [-0.25, -0.2) is 0 Å². The fraction of sp³-hybridized carbons (Fsp3) is 0.455. The Bertz CT molecular complexity index is 846. The van der Waals surface area contributed by atoms with Crippen molar-refractivity contribution in [1.82, 2.24) is 14.7 Å². The van der Waals surface area contributed by atoms with E-state index in [9.17, 15) is 19.2 Å². The zero-order valence-electron chi connectivity index (χ0n) is 17.4. The van der Waals surface area contributed by atoms with Crippen molar-refractivity contribution in [3.63, 3.8) is 0 Å². The molecule has 0 aromatic heterocycles. The summed E-state index contributed by atoms with van der Waals surface area (Å²) >= 11 is 0. The van der Waals surface area contributed by atoms with E-state index in [1.54, 1.807) is 30.0 Å². The van der Waals surface area contributed by atoms with Crippen LogP contribution in [0.2, 0.25) is 0 Å². The summed E-state index contributed by atoms with van der Waals surface area (Å²) < 4.78 is 5.06. The molecule has 2 aliphatic heterocycles. The maximum absolute atomic E-state index is 12.7. The number of benzene rings is 1. The molecule has 0 spiro atoms. The van der Waals surface area contributed by atoms with Crippen LogP contribution in [0.4, 0.5) is 0 Å². The summed E-state index contributed by atoms with van der Waals surface area (Å²) in [6, 6.07) is 7.08. The molecular formula is C22H27N3O5. The van der Waals surface area contributed by atoms with Crippen molar-refractivity contribution >= 4 is 29.4 Å². The Morgan fingerprint density at radius 2 is 1.93 bits per heavy atom. The van der Waals surface area contributed by atoms with Crippen LogP contribution in [0.5, 0.6) is 0 Å². The lowest BCUT2D eigenvalue weighted by atomic mass is 9.98. The lowest BCUT2D eigenvalue weighted by Gasteiger charge is -2.33. The smallest absolute Gasteiger partial charge is 0.310 e. The van der Waals surface area contributed by atoms with Crippen molar-refractivity contribution in [2.24, 2.45) is 5.92 Å². The predicted octanol–water partition coefficient (Wildman–Crippen LogP) is 1.37. The van der Waals surface area contributed by atoms with Gasteiger partial charge in [0.05, 0.1) is 19.1 Å². The average Bonchev–Trinajstić information content (AvgIpc) is 2.99. The Kier molecular flexibility index (Phi) is 6.54. The van der Waals surface area contributed by atoms with E-state index in [0.717, 1.165) is 0 Å². The molecule has 2 aliphatic rings. The highest BCUT2D eigenvalue weighted by Gasteiger charge is 2.34. The van der Waals surface area contributed by atoms with Gasteiger partial charge in [0.15, 0.2) is 0 Å². The molecule has 2 heterocycles. The van der Waals surface area contributed by atoms with Gasteiger partial charge in [-0.2, -0.15) is 0 Å². The highest BCUT2D eigenvalue weighted by Crippen LogP contribution is 2.30. The number of likely N-dealkylation sites (tertiary alicyclic amines) is 1. The van der Waals surface area contributed by atoms with Crippen molar-refractivity contribution in [3.8, 4) is 0 Å². The highest BCUT2D eigenvalue weighted by molar-refractivity contribution is 6.10. The second kappa shape index (κ2) is 9.11. The van der Waals surface area contributed by atoms with E-state index in [2.05, 4.69) is 6.58 Å². The molecule has 0 aliphatic carbocycles. The maximum atomic E-state index is 12.7. The minimum atomic E-state index is -0.357. The van der Waals surface area contributed by atoms with Crippen LogP contribution >= 0.6 is 0 Å². The normalized spacial score (nSPS) is 18.3. The first kappa shape index (κ1) is 21.5. The van der Waals surface area contributed by atoms with Gasteiger partial charge in [-0.3, -0.25) is 24.1 Å². The van der Waals surface area contributed by atoms with E-state index >= 15 is 0 Å². The zero-order chi connectivity index (χ0) is 21.8. The fourth-order valence-electron chi connectivity index (χ4n) is 3.81. The maximum Gasteiger partial charge on any atom is 0.310 e. The first-order chi connectivity index (χ1) is 14.3. The van der Waals surface area contributed by atoms with Crippen molar-refractivity contribution in [3.05, 3.63) is 42.0 Å². The van der Waals surface area contributed by atoms with E-state index in [4.69, 9.17) is 4.74 Å². The zero-order valence-corrected chi connectivity index (χ0v) is 17.4. The van der Waals surface area contributed by atoms with E-state index in [1.165, 1.54) is 16.8 Å². The molecule has 3 amide bonds. The van der Waals surface area contributed by atoms with Crippen LogP contribution in [-0.4, -0.2) is 78.2 Å². The third-order valence-electron chi connectivity index (χ3n) is 5.52. The number of piperidine rings is 1. The monoisotopic (exact) mass is 413 g/mol. The predicted molar refractivity (Wildman–Crippen MR) is 110 cm³/mol. The molecule has 1 fully saturated rings. The number of carbonyl (C=O) groups excluding carboxylic acids is 4. The van der Waals surface area contributed by atoms with Gasteiger partial charge in [0, 0.05) is 37.0 Å². The summed E-state index contributed by atoms with van der Waals surface area (Å²) in [7, 11) is 1.53. The number of likely N-dealkylation sites (N-methyl/N-ethyl adjacent to an activating group) is 1. The van der Waals surface area contributed by atoms with Crippen LogP contribution in [0.1, 0.15) is 35.7 Å². The second-order valence-corrected chi connectivity index (χ2v) is 7.56. The largest absolute Gasteiger partial charge is 0.466 e. The average molecular weight is 413 g/mol. The molecule has 3 rings (SSSR count). The summed E-state index contributed by atoms with van der Waals surface area (Å²) in [5.74, 6) is -1.46. The van der Waals surface area contributed by atoms with E-state index in [-0.39, 0.29) is 42.7 Å². The molecule has 0 radical (unpaired) electrons. The minimum Gasteiger partial charge on any atom is -0.466 e. The van der Waals surface area contributed by atoms with E-state index in [1.807, 2.05) is 6.07 Å². The number of ether oxygens (including phenoxy) is 1. The first-order valence-corrected chi connectivity index (χ1v) is 10.1. The molecule has 30 heavy (non-hydrogen) atoms. The Hall–Kier alpha value is -3.16. The lowest BCUT2D eigenvalue weighted by molar-refractivity contribution is -0.152. The summed E-state index contributed by atoms with van der Waals surface area (Å²) in [5, 5.41) is 0. The molecule has 1 saturated heterocycles. The molecule has 0 N–H and O–H groups in total. The second-order valence-electron chi connectivity index (χ2n) is 7.56. The van der Waals surface area contributed by atoms with Crippen LogP contribution < -0.4 is 0 Å². The molecule has 8 nitrogen and oxygen atoms in total. The summed E-state index contributed by atoms with van der Waals surface area (Å²) in [6.07, 6.45) is 1.41. The standard InChI is InChI=1S/C22H27N3O5/c1-4-30-22(29)16-8-7-11-24(12-16)20(27)13-23(3)19(26)14-25-15(2)17-9-5-6-10-18(17)21(25)28/h5-6,9-10,16H,2,4,7-8,11-14H2,1,3H3. The van der Waals surface area contributed by atoms with Gasteiger partial charge in [-0.05, 0) is 25.8 Å². The van der Waals surface area contributed by atoms with Gasteiger partial charge in [-0.15, -0.1) is 0 Å². The number of hydrogen-bond donors (Lipinski definition) is 0. The number of nitrogens with zero attached hydrogens (tertiary/aromatic N) is 3. The van der Waals surface area contributed by atoms with Gasteiger partial charge in [-0.1, -0.05) is 24.8 Å². The van der Waals surface area contributed by atoms with Crippen LogP contribution in [0, 0.1) is 5.92 Å². The number of esters is 1.